The lowest BCUT2D eigenvalue weighted by molar-refractivity contribution is -0.116. The lowest BCUT2D eigenvalue weighted by Gasteiger charge is -2.11. The fraction of sp³-hybridized carbons (Fsp3) is 0.0833. The Bertz CT molecular complexity index is 1220. The molecule has 150 valence electrons. The normalized spacial score (nSPS) is 11.3. The maximum Gasteiger partial charge on any atom is 0.244 e. The van der Waals surface area contributed by atoms with Crippen LogP contribution in [0.25, 0.3) is 17.1 Å². The SMILES string of the molecule is O=C(/C=C\c1ccccc1)NCc1nc2ccccc2n1Cc1ccc(Cl)cc1Cl. The Morgan fingerprint density at radius 2 is 1.77 bits per heavy atom. The number of nitrogens with zero attached hydrogens (tertiary/aromatic N) is 2. The molecule has 3 aromatic carbocycles. The molecule has 0 radical (unpaired) electrons. The molecule has 4 rings (SSSR count). The van der Waals surface area contributed by atoms with Crippen molar-refractivity contribution in [2.75, 3.05) is 0 Å². The molecule has 0 spiro atoms. The molecule has 4 aromatic rings. The van der Waals surface area contributed by atoms with Gasteiger partial charge in [0.1, 0.15) is 5.82 Å². The summed E-state index contributed by atoms with van der Waals surface area (Å²) >= 11 is 12.4. The van der Waals surface area contributed by atoms with E-state index in [9.17, 15) is 4.79 Å². The number of hydrogen-bond donors (Lipinski definition) is 1. The standard InChI is InChI=1S/C24H19Cl2N3O/c25-19-12-11-18(20(26)14-19)16-29-22-9-5-4-8-21(22)28-23(29)15-27-24(30)13-10-17-6-2-1-3-7-17/h1-14H,15-16H2,(H,27,30)/b13-10-. The maximum absolute atomic E-state index is 12.3. The molecule has 1 aromatic heterocycles. The minimum absolute atomic E-state index is 0.179. The Balaban J connectivity index is 1.55. The molecule has 1 heterocycles. The molecule has 0 atom stereocenters. The molecule has 0 unspecified atom stereocenters. The number of benzene rings is 3. The number of halogens is 2. The van der Waals surface area contributed by atoms with Crippen molar-refractivity contribution < 1.29 is 4.79 Å². The van der Waals surface area contributed by atoms with Gasteiger partial charge < -0.3 is 9.88 Å². The van der Waals surface area contributed by atoms with Gasteiger partial charge in [-0.25, -0.2) is 4.98 Å². The van der Waals surface area contributed by atoms with Gasteiger partial charge in [-0.1, -0.05) is 71.7 Å². The Hall–Kier alpha value is -3.08. The minimum atomic E-state index is -0.179. The van der Waals surface area contributed by atoms with Crippen LogP contribution in [0.3, 0.4) is 0 Å². The number of aromatic nitrogens is 2. The third-order valence-electron chi connectivity index (χ3n) is 4.72. The number of hydrogen-bond acceptors (Lipinski definition) is 2. The van der Waals surface area contributed by atoms with Gasteiger partial charge in [0.05, 0.1) is 24.1 Å². The smallest absolute Gasteiger partial charge is 0.244 e. The topological polar surface area (TPSA) is 46.9 Å². The van der Waals surface area contributed by atoms with Crippen molar-refractivity contribution in [1.29, 1.82) is 0 Å². The zero-order valence-corrected chi connectivity index (χ0v) is 17.6. The monoisotopic (exact) mass is 435 g/mol. The van der Waals surface area contributed by atoms with Crippen LogP contribution in [0.1, 0.15) is 17.0 Å². The van der Waals surface area contributed by atoms with Crippen molar-refractivity contribution in [1.82, 2.24) is 14.9 Å². The number of carbonyl (C=O) groups excluding carboxylic acids is 1. The first kappa shape index (κ1) is 20.2. The highest BCUT2D eigenvalue weighted by molar-refractivity contribution is 6.35. The average molecular weight is 436 g/mol. The summed E-state index contributed by atoms with van der Waals surface area (Å²) in [4.78, 5) is 17.0. The highest BCUT2D eigenvalue weighted by atomic mass is 35.5. The molecule has 1 amide bonds. The molecule has 6 heteroatoms. The summed E-state index contributed by atoms with van der Waals surface area (Å²) in [6.45, 7) is 0.833. The molecular weight excluding hydrogens is 417 g/mol. The molecular formula is C24H19Cl2N3O. The van der Waals surface area contributed by atoms with Gasteiger partial charge in [-0.15, -0.1) is 0 Å². The number of para-hydroxylation sites is 2. The van der Waals surface area contributed by atoms with Crippen LogP contribution in [-0.2, 0) is 17.9 Å². The number of nitrogens with one attached hydrogen (secondary N) is 1. The summed E-state index contributed by atoms with van der Waals surface area (Å²) in [6.07, 6.45) is 3.31. The summed E-state index contributed by atoms with van der Waals surface area (Å²) in [5.74, 6) is 0.575. The first-order valence-electron chi connectivity index (χ1n) is 9.49. The molecule has 0 aliphatic rings. The second-order valence-corrected chi connectivity index (χ2v) is 7.64. The number of fused-ring (bicyclic) bond motifs is 1. The molecule has 1 N–H and O–H groups in total. The van der Waals surface area contributed by atoms with Gasteiger partial charge in [0.15, 0.2) is 0 Å². The molecule has 30 heavy (non-hydrogen) atoms. The maximum atomic E-state index is 12.3. The summed E-state index contributed by atoms with van der Waals surface area (Å²) in [5, 5.41) is 4.11. The zero-order chi connectivity index (χ0) is 20.9. The first-order valence-corrected chi connectivity index (χ1v) is 10.2. The molecule has 0 aliphatic carbocycles. The Kier molecular flexibility index (Phi) is 6.17. The average Bonchev–Trinajstić information content (AvgIpc) is 3.11. The summed E-state index contributed by atoms with van der Waals surface area (Å²) in [6, 6.07) is 23.0. The van der Waals surface area contributed by atoms with E-state index in [-0.39, 0.29) is 5.91 Å². The molecule has 0 saturated heterocycles. The number of imidazole rings is 1. The first-order chi connectivity index (χ1) is 14.6. The lowest BCUT2D eigenvalue weighted by atomic mass is 10.2. The van der Waals surface area contributed by atoms with Crippen molar-refractivity contribution in [3.8, 4) is 0 Å². The van der Waals surface area contributed by atoms with Crippen LogP contribution in [-0.4, -0.2) is 15.5 Å². The van der Waals surface area contributed by atoms with Crippen LogP contribution in [0.4, 0.5) is 0 Å². The molecule has 4 nitrogen and oxygen atoms in total. The zero-order valence-electron chi connectivity index (χ0n) is 16.1. The molecule has 0 saturated carbocycles. The summed E-state index contributed by atoms with van der Waals surface area (Å²) in [7, 11) is 0. The van der Waals surface area contributed by atoms with E-state index in [0.29, 0.717) is 23.1 Å². The van der Waals surface area contributed by atoms with Crippen molar-refractivity contribution >= 4 is 46.2 Å². The summed E-state index contributed by atoms with van der Waals surface area (Å²) in [5.41, 5.74) is 3.75. The minimum Gasteiger partial charge on any atom is -0.345 e. The van der Waals surface area contributed by atoms with Gasteiger partial charge in [-0.2, -0.15) is 0 Å². The predicted molar refractivity (Wildman–Crippen MR) is 123 cm³/mol. The Morgan fingerprint density at radius 3 is 2.57 bits per heavy atom. The van der Waals surface area contributed by atoms with Crippen LogP contribution in [0.2, 0.25) is 10.0 Å². The van der Waals surface area contributed by atoms with Gasteiger partial charge in [-0.3, -0.25) is 4.79 Å². The number of carbonyl (C=O) groups is 1. The molecule has 0 bridgehead atoms. The fourth-order valence-corrected chi connectivity index (χ4v) is 3.69. The largest absolute Gasteiger partial charge is 0.345 e. The van der Waals surface area contributed by atoms with Gasteiger partial charge >= 0.3 is 0 Å². The van der Waals surface area contributed by atoms with Crippen LogP contribution in [0.5, 0.6) is 0 Å². The third-order valence-corrected chi connectivity index (χ3v) is 5.31. The van der Waals surface area contributed by atoms with Gasteiger partial charge in [-0.05, 0) is 41.5 Å². The third kappa shape index (κ3) is 4.73. The van der Waals surface area contributed by atoms with Crippen LogP contribution >= 0.6 is 23.2 Å². The van der Waals surface area contributed by atoms with Crippen molar-refractivity contribution in [3.05, 3.63) is 106 Å². The Morgan fingerprint density at radius 1 is 1.00 bits per heavy atom. The quantitative estimate of drug-likeness (QED) is 0.393. The molecule has 0 fully saturated rings. The lowest BCUT2D eigenvalue weighted by Crippen LogP contribution is -2.23. The van der Waals surface area contributed by atoms with E-state index in [0.717, 1.165) is 28.0 Å². The van der Waals surface area contributed by atoms with Crippen LogP contribution < -0.4 is 5.32 Å². The van der Waals surface area contributed by atoms with Gasteiger partial charge in [0.2, 0.25) is 5.91 Å². The van der Waals surface area contributed by atoms with Crippen molar-refractivity contribution in [2.45, 2.75) is 13.1 Å². The van der Waals surface area contributed by atoms with Crippen LogP contribution in [0.15, 0.2) is 78.9 Å². The highest BCUT2D eigenvalue weighted by Gasteiger charge is 2.13. The van der Waals surface area contributed by atoms with Gasteiger partial charge in [0, 0.05) is 16.1 Å². The molecule has 0 aliphatic heterocycles. The van der Waals surface area contributed by atoms with Gasteiger partial charge in [0.25, 0.3) is 0 Å². The highest BCUT2D eigenvalue weighted by Crippen LogP contribution is 2.24. The van der Waals surface area contributed by atoms with Crippen LogP contribution in [0, 0.1) is 0 Å². The van der Waals surface area contributed by atoms with E-state index in [2.05, 4.69) is 9.88 Å². The van der Waals surface area contributed by atoms with E-state index >= 15 is 0 Å². The predicted octanol–water partition coefficient (Wildman–Crippen LogP) is 5.72. The van der Waals surface area contributed by atoms with Crippen molar-refractivity contribution in [2.24, 2.45) is 0 Å². The van der Waals surface area contributed by atoms with E-state index in [1.807, 2.05) is 66.7 Å². The van der Waals surface area contributed by atoms with E-state index in [4.69, 9.17) is 28.2 Å². The Labute approximate surface area is 184 Å². The van der Waals surface area contributed by atoms with Crippen molar-refractivity contribution in [3.63, 3.8) is 0 Å². The summed E-state index contributed by atoms with van der Waals surface area (Å²) < 4.78 is 2.06. The van der Waals surface area contributed by atoms with E-state index in [1.165, 1.54) is 6.08 Å². The van der Waals surface area contributed by atoms with E-state index in [1.54, 1.807) is 12.1 Å². The second-order valence-electron chi connectivity index (χ2n) is 6.80. The number of rotatable bonds is 6. The van der Waals surface area contributed by atoms with E-state index < -0.39 is 0 Å². The fourth-order valence-electron chi connectivity index (χ4n) is 3.22. The second kappa shape index (κ2) is 9.16. The number of amides is 1.